The van der Waals surface area contributed by atoms with Gasteiger partial charge in [-0.05, 0) is 24.6 Å². The number of likely N-dealkylation sites (N-methyl/N-ethyl adjacent to an activating group) is 1. The van der Waals surface area contributed by atoms with Crippen molar-refractivity contribution in [1.82, 2.24) is 4.90 Å². The maximum Gasteiger partial charge on any atom is 0.419 e. The first kappa shape index (κ1) is 14.1. The third-order valence-corrected chi connectivity index (χ3v) is 3.39. The molecule has 1 heterocycles. The van der Waals surface area contributed by atoms with Crippen LogP contribution in [0.5, 0.6) is 0 Å². The predicted molar refractivity (Wildman–Crippen MR) is 66.1 cm³/mol. The van der Waals surface area contributed by atoms with Crippen molar-refractivity contribution in [2.75, 3.05) is 19.6 Å². The lowest BCUT2D eigenvalue weighted by atomic mass is 9.97. The third-order valence-electron chi connectivity index (χ3n) is 3.39. The molecule has 0 bridgehead atoms. The monoisotopic (exact) mass is 273 g/mol. The molecule has 0 N–H and O–H groups in total. The quantitative estimate of drug-likeness (QED) is 0.737. The van der Waals surface area contributed by atoms with E-state index in [0.29, 0.717) is 18.5 Å². The van der Waals surface area contributed by atoms with Gasteiger partial charge in [0, 0.05) is 18.7 Å². The molecule has 1 nitrogen and oxygen atoms in total. The first-order valence-corrected chi connectivity index (χ1v) is 6.21. The summed E-state index contributed by atoms with van der Waals surface area (Å²) in [5.41, 5.74) is -0.456. The fraction of sp³-hybridized carbons (Fsp3) is 0.429. The Labute approximate surface area is 109 Å². The highest BCUT2D eigenvalue weighted by Gasteiger charge is 2.35. The van der Waals surface area contributed by atoms with Crippen molar-refractivity contribution in [3.8, 4) is 0 Å². The molecule has 0 radical (unpaired) electrons. The van der Waals surface area contributed by atoms with Gasteiger partial charge in [0.05, 0.1) is 5.56 Å². The summed E-state index contributed by atoms with van der Waals surface area (Å²) in [5.74, 6) is -1.16. The Morgan fingerprint density at radius 2 is 2.00 bits per heavy atom. The van der Waals surface area contributed by atoms with Crippen molar-refractivity contribution in [3.05, 3.63) is 41.2 Å². The molecular weight excluding hydrogens is 258 g/mol. The van der Waals surface area contributed by atoms with Crippen LogP contribution in [0.3, 0.4) is 0 Å². The van der Waals surface area contributed by atoms with Crippen molar-refractivity contribution in [2.24, 2.45) is 0 Å². The van der Waals surface area contributed by atoms with Crippen LogP contribution in [0.15, 0.2) is 24.3 Å². The van der Waals surface area contributed by atoms with Crippen LogP contribution >= 0.6 is 0 Å². The van der Waals surface area contributed by atoms with E-state index in [0.717, 1.165) is 19.2 Å². The van der Waals surface area contributed by atoms with Gasteiger partial charge >= 0.3 is 6.18 Å². The highest BCUT2D eigenvalue weighted by Crippen LogP contribution is 2.35. The molecule has 0 saturated carbocycles. The lowest BCUT2D eigenvalue weighted by Crippen LogP contribution is -2.28. The molecule has 0 spiro atoms. The summed E-state index contributed by atoms with van der Waals surface area (Å²) in [4.78, 5) is 2.15. The zero-order valence-electron chi connectivity index (χ0n) is 10.6. The second kappa shape index (κ2) is 5.33. The van der Waals surface area contributed by atoms with Crippen molar-refractivity contribution < 1.29 is 17.6 Å². The average molecular weight is 273 g/mol. The van der Waals surface area contributed by atoms with E-state index in [1.54, 1.807) is 0 Å². The van der Waals surface area contributed by atoms with Crippen LogP contribution in [0.2, 0.25) is 0 Å². The molecule has 0 aliphatic carbocycles. The summed E-state index contributed by atoms with van der Waals surface area (Å²) >= 11 is 0. The van der Waals surface area contributed by atoms with Gasteiger partial charge in [-0.2, -0.15) is 13.2 Å². The SMILES string of the molecule is CCN1CC=C(c2cccc(C(F)(F)F)c2F)CC1. The van der Waals surface area contributed by atoms with Crippen molar-refractivity contribution >= 4 is 5.57 Å². The van der Waals surface area contributed by atoms with Gasteiger partial charge in [-0.25, -0.2) is 4.39 Å². The minimum Gasteiger partial charge on any atom is -0.300 e. The number of rotatable bonds is 2. The van der Waals surface area contributed by atoms with E-state index in [9.17, 15) is 17.6 Å². The van der Waals surface area contributed by atoms with Gasteiger partial charge in [0.25, 0.3) is 0 Å². The smallest absolute Gasteiger partial charge is 0.300 e. The van der Waals surface area contributed by atoms with E-state index in [1.807, 2.05) is 13.0 Å². The Kier molecular flexibility index (Phi) is 3.94. The third kappa shape index (κ3) is 2.97. The Bertz CT molecular complexity index is 491. The summed E-state index contributed by atoms with van der Waals surface area (Å²) in [5, 5.41) is 0. The lowest BCUT2D eigenvalue weighted by molar-refractivity contribution is -0.140. The van der Waals surface area contributed by atoms with Crippen molar-refractivity contribution in [1.29, 1.82) is 0 Å². The Morgan fingerprint density at radius 3 is 2.53 bits per heavy atom. The summed E-state index contributed by atoms with van der Waals surface area (Å²) in [6, 6.07) is 3.45. The largest absolute Gasteiger partial charge is 0.419 e. The topological polar surface area (TPSA) is 3.24 Å². The van der Waals surface area contributed by atoms with Gasteiger partial charge in [-0.3, -0.25) is 4.90 Å². The van der Waals surface area contributed by atoms with Crippen molar-refractivity contribution in [2.45, 2.75) is 19.5 Å². The summed E-state index contributed by atoms with van der Waals surface area (Å²) < 4.78 is 51.9. The number of benzene rings is 1. The summed E-state index contributed by atoms with van der Waals surface area (Å²) in [6.45, 7) is 4.30. The number of hydrogen-bond acceptors (Lipinski definition) is 1. The maximum atomic E-state index is 14.0. The Morgan fingerprint density at radius 1 is 1.26 bits per heavy atom. The minimum absolute atomic E-state index is 0.0746. The molecule has 0 unspecified atom stereocenters. The first-order valence-electron chi connectivity index (χ1n) is 6.21. The predicted octanol–water partition coefficient (Wildman–Crippen LogP) is 3.95. The standard InChI is InChI=1S/C14H15F4N/c1-2-19-8-6-10(7-9-19)11-4-3-5-12(13(11)15)14(16,17)18/h3-6H,2,7-9H2,1H3. The molecule has 0 fully saturated rings. The summed E-state index contributed by atoms with van der Waals surface area (Å²) in [7, 11) is 0. The van der Waals surface area contributed by atoms with Crippen LogP contribution < -0.4 is 0 Å². The van der Waals surface area contributed by atoms with Gasteiger partial charge < -0.3 is 0 Å². The summed E-state index contributed by atoms with van der Waals surface area (Å²) in [6.07, 6.45) is -2.26. The second-order valence-corrected chi connectivity index (χ2v) is 4.54. The number of halogens is 4. The molecular formula is C14H15F4N. The minimum atomic E-state index is -4.65. The van der Waals surface area contributed by atoms with Crippen LogP contribution in [0, 0.1) is 5.82 Å². The molecule has 0 atom stereocenters. The normalized spacial score (nSPS) is 17.4. The molecule has 5 heteroatoms. The molecule has 19 heavy (non-hydrogen) atoms. The molecule has 1 aromatic carbocycles. The van der Waals surface area contributed by atoms with Crippen LogP contribution in [-0.4, -0.2) is 24.5 Å². The van der Waals surface area contributed by atoms with Gasteiger partial charge in [0.1, 0.15) is 5.82 Å². The van der Waals surface area contributed by atoms with Gasteiger partial charge in [-0.15, -0.1) is 0 Å². The Balaban J connectivity index is 2.34. The van der Waals surface area contributed by atoms with E-state index in [-0.39, 0.29) is 5.56 Å². The molecule has 2 rings (SSSR count). The fourth-order valence-corrected chi connectivity index (χ4v) is 2.24. The highest BCUT2D eigenvalue weighted by molar-refractivity contribution is 5.67. The van der Waals surface area contributed by atoms with E-state index in [4.69, 9.17) is 0 Å². The Hall–Kier alpha value is -1.36. The van der Waals surface area contributed by atoms with E-state index >= 15 is 0 Å². The molecule has 1 aromatic rings. The molecule has 104 valence electrons. The van der Waals surface area contributed by atoms with E-state index < -0.39 is 17.6 Å². The van der Waals surface area contributed by atoms with E-state index in [1.165, 1.54) is 12.1 Å². The molecule has 0 saturated heterocycles. The molecule has 1 aliphatic heterocycles. The number of alkyl halides is 3. The van der Waals surface area contributed by atoms with Crippen LogP contribution in [0.25, 0.3) is 5.57 Å². The number of hydrogen-bond donors (Lipinski definition) is 0. The van der Waals surface area contributed by atoms with Gasteiger partial charge in [0.2, 0.25) is 0 Å². The van der Waals surface area contributed by atoms with Gasteiger partial charge in [-0.1, -0.05) is 25.1 Å². The second-order valence-electron chi connectivity index (χ2n) is 4.54. The highest BCUT2D eigenvalue weighted by atomic mass is 19.4. The first-order chi connectivity index (χ1) is 8.93. The van der Waals surface area contributed by atoms with Gasteiger partial charge in [0.15, 0.2) is 0 Å². The van der Waals surface area contributed by atoms with Crippen molar-refractivity contribution in [3.63, 3.8) is 0 Å². The van der Waals surface area contributed by atoms with Crippen LogP contribution in [0.1, 0.15) is 24.5 Å². The van der Waals surface area contributed by atoms with Crippen LogP contribution in [0.4, 0.5) is 17.6 Å². The molecule has 1 aliphatic rings. The number of nitrogens with zero attached hydrogens (tertiary/aromatic N) is 1. The van der Waals surface area contributed by atoms with E-state index in [2.05, 4.69) is 4.90 Å². The fourth-order valence-electron chi connectivity index (χ4n) is 2.24. The zero-order chi connectivity index (χ0) is 14.0. The molecule has 0 aromatic heterocycles. The molecule has 0 amide bonds. The maximum absolute atomic E-state index is 14.0. The zero-order valence-corrected chi connectivity index (χ0v) is 10.6. The lowest BCUT2D eigenvalue weighted by Gasteiger charge is -2.25. The van der Waals surface area contributed by atoms with Crippen LogP contribution in [-0.2, 0) is 6.18 Å². The average Bonchev–Trinajstić information content (AvgIpc) is 2.38.